The molecular formula is C12H20N2O3S2. The summed E-state index contributed by atoms with van der Waals surface area (Å²) in [5.74, 6) is 0.420. The van der Waals surface area contributed by atoms with Crippen LogP contribution in [-0.2, 0) is 16.6 Å². The van der Waals surface area contributed by atoms with E-state index in [0.29, 0.717) is 17.3 Å². The van der Waals surface area contributed by atoms with E-state index in [1.54, 1.807) is 12.1 Å². The number of rotatable bonds is 5. The van der Waals surface area contributed by atoms with Crippen molar-refractivity contribution in [3.8, 4) is 0 Å². The van der Waals surface area contributed by atoms with Crippen LogP contribution in [0.3, 0.4) is 0 Å². The molecule has 2 heterocycles. The molecule has 2 rings (SSSR count). The Kier molecular flexibility index (Phi) is 4.97. The highest BCUT2D eigenvalue weighted by Crippen LogP contribution is 2.22. The topological polar surface area (TPSA) is 69.6 Å². The predicted octanol–water partition coefficient (Wildman–Crippen LogP) is 0.860. The number of aliphatic hydroxyl groups is 1. The van der Waals surface area contributed by atoms with Crippen molar-refractivity contribution < 1.29 is 13.5 Å². The third-order valence-corrected chi connectivity index (χ3v) is 6.44. The molecule has 0 spiro atoms. The van der Waals surface area contributed by atoms with Gasteiger partial charge >= 0.3 is 0 Å². The lowest BCUT2D eigenvalue weighted by Gasteiger charge is -2.28. The maximum absolute atomic E-state index is 12.1. The van der Waals surface area contributed by atoms with Crippen molar-refractivity contribution in [3.05, 3.63) is 17.0 Å². The molecule has 0 bridgehead atoms. The summed E-state index contributed by atoms with van der Waals surface area (Å²) in [6.07, 6.45) is 2.07. The number of likely N-dealkylation sites (tertiary alicyclic amines) is 1. The van der Waals surface area contributed by atoms with Crippen LogP contribution in [0.15, 0.2) is 16.3 Å². The Morgan fingerprint density at radius 2 is 2.11 bits per heavy atom. The van der Waals surface area contributed by atoms with E-state index in [9.17, 15) is 8.42 Å². The van der Waals surface area contributed by atoms with Crippen molar-refractivity contribution in [2.24, 2.45) is 5.92 Å². The molecule has 0 saturated carbocycles. The van der Waals surface area contributed by atoms with Crippen molar-refractivity contribution in [3.63, 3.8) is 0 Å². The van der Waals surface area contributed by atoms with Crippen LogP contribution >= 0.6 is 11.3 Å². The second-order valence-electron chi connectivity index (χ2n) is 4.98. The molecule has 0 radical (unpaired) electrons. The van der Waals surface area contributed by atoms with E-state index in [-0.39, 0.29) is 10.8 Å². The van der Waals surface area contributed by atoms with Crippen molar-refractivity contribution in [2.45, 2.75) is 23.7 Å². The monoisotopic (exact) mass is 304 g/mol. The fourth-order valence-corrected chi connectivity index (χ4v) is 4.53. The molecule has 19 heavy (non-hydrogen) atoms. The molecule has 1 aliphatic rings. The lowest BCUT2D eigenvalue weighted by Crippen LogP contribution is -2.36. The Hall–Kier alpha value is -0.470. The van der Waals surface area contributed by atoms with Gasteiger partial charge in [-0.3, -0.25) is 0 Å². The summed E-state index contributed by atoms with van der Waals surface area (Å²) in [4.78, 5) is 2.93. The minimum absolute atomic E-state index is 0.116. The molecule has 0 atom stereocenters. The molecule has 108 valence electrons. The van der Waals surface area contributed by atoms with Gasteiger partial charge in [-0.15, -0.1) is 11.3 Å². The molecule has 5 nitrogen and oxygen atoms in total. The molecule has 2 N–H and O–H groups in total. The van der Waals surface area contributed by atoms with Gasteiger partial charge in [-0.25, -0.2) is 13.1 Å². The Balaban J connectivity index is 1.90. The Bertz CT molecular complexity index is 505. The Labute approximate surface area is 118 Å². The van der Waals surface area contributed by atoms with Crippen LogP contribution in [0.2, 0.25) is 0 Å². The number of piperidine rings is 1. The van der Waals surface area contributed by atoms with E-state index in [1.807, 2.05) is 0 Å². The van der Waals surface area contributed by atoms with Gasteiger partial charge in [0.05, 0.1) is 6.61 Å². The van der Waals surface area contributed by atoms with Gasteiger partial charge in [0.25, 0.3) is 0 Å². The maximum Gasteiger partial charge on any atom is 0.250 e. The van der Waals surface area contributed by atoms with Gasteiger partial charge in [0, 0.05) is 11.4 Å². The summed E-state index contributed by atoms with van der Waals surface area (Å²) >= 11 is 1.12. The summed E-state index contributed by atoms with van der Waals surface area (Å²) in [5.41, 5.74) is 0. The van der Waals surface area contributed by atoms with Crippen LogP contribution in [0.1, 0.15) is 17.7 Å². The first-order chi connectivity index (χ1) is 9.01. The van der Waals surface area contributed by atoms with Gasteiger partial charge in [0.1, 0.15) is 4.21 Å². The highest BCUT2D eigenvalue weighted by Gasteiger charge is 2.21. The zero-order valence-corrected chi connectivity index (χ0v) is 12.6. The molecule has 1 fully saturated rings. The minimum atomic E-state index is -3.42. The maximum atomic E-state index is 12.1. The van der Waals surface area contributed by atoms with Gasteiger partial charge in [-0.05, 0) is 51.0 Å². The Morgan fingerprint density at radius 3 is 2.68 bits per heavy atom. The van der Waals surface area contributed by atoms with E-state index >= 15 is 0 Å². The van der Waals surface area contributed by atoms with Crippen LogP contribution in [0, 0.1) is 5.92 Å². The number of aliphatic hydroxyl groups excluding tert-OH is 1. The van der Waals surface area contributed by atoms with E-state index in [4.69, 9.17) is 5.11 Å². The first-order valence-corrected chi connectivity index (χ1v) is 8.69. The highest BCUT2D eigenvalue weighted by molar-refractivity contribution is 7.91. The lowest BCUT2D eigenvalue weighted by atomic mass is 9.98. The second kappa shape index (κ2) is 6.32. The molecule has 0 amide bonds. The number of nitrogens with zero attached hydrogens (tertiary/aromatic N) is 1. The fraction of sp³-hybridized carbons (Fsp3) is 0.667. The number of thiophene rings is 1. The zero-order valence-electron chi connectivity index (χ0n) is 11.0. The van der Waals surface area contributed by atoms with Gasteiger partial charge in [-0.1, -0.05) is 0 Å². The van der Waals surface area contributed by atoms with Gasteiger partial charge < -0.3 is 10.0 Å². The molecule has 1 aromatic rings. The predicted molar refractivity (Wildman–Crippen MR) is 75.7 cm³/mol. The average Bonchev–Trinajstić information content (AvgIpc) is 2.88. The number of hydrogen-bond acceptors (Lipinski definition) is 5. The molecule has 1 aromatic heterocycles. The number of sulfonamides is 1. The largest absolute Gasteiger partial charge is 0.391 e. The summed E-state index contributed by atoms with van der Waals surface area (Å²) < 4.78 is 27.1. The molecule has 1 aliphatic heterocycles. The molecule has 0 aliphatic carbocycles. The third-order valence-electron chi connectivity index (χ3n) is 3.46. The van der Waals surface area contributed by atoms with Crippen LogP contribution in [0.4, 0.5) is 0 Å². The third kappa shape index (κ3) is 4.00. The zero-order chi connectivity index (χ0) is 13.9. The summed E-state index contributed by atoms with van der Waals surface area (Å²) in [7, 11) is -1.33. The van der Waals surface area contributed by atoms with E-state index in [1.165, 1.54) is 0 Å². The lowest BCUT2D eigenvalue weighted by molar-refractivity contribution is 0.220. The fourth-order valence-electron chi connectivity index (χ4n) is 2.15. The molecule has 0 aromatic carbocycles. The van der Waals surface area contributed by atoms with Gasteiger partial charge in [0.2, 0.25) is 10.0 Å². The molecular weight excluding hydrogens is 284 g/mol. The summed E-state index contributed by atoms with van der Waals surface area (Å²) in [6.45, 7) is 2.44. The van der Waals surface area contributed by atoms with E-state index in [2.05, 4.69) is 16.7 Å². The van der Waals surface area contributed by atoms with Crippen molar-refractivity contribution >= 4 is 21.4 Å². The normalized spacial score (nSPS) is 18.8. The van der Waals surface area contributed by atoms with Crippen molar-refractivity contribution in [1.82, 2.24) is 9.62 Å². The van der Waals surface area contributed by atoms with Crippen molar-refractivity contribution in [1.29, 1.82) is 0 Å². The summed E-state index contributed by atoms with van der Waals surface area (Å²) in [6, 6.07) is 3.20. The first-order valence-electron chi connectivity index (χ1n) is 6.39. The van der Waals surface area contributed by atoms with Crippen molar-refractivity contribution in [2.75, 3.05) is 26.7 Å². The average molecular weight is 304 g/mol. The van der Waals surface area contributed by atoms with Gasteiger partial charge in [-0.2, -0.15) is 0 Å². The smallest absolute Gasteiger partial charge is 0.250 e. The van der Waals surface area contributed by atoms with Crippen LogP contribution in [-0.4, -0.2) is 45.1 Å². The Morgan fingerprint density at radius 1 is 1.42 bits per heavy atom. The van der Waals surface area contributed by atoms with E-state index < -0.39 is 10.0 Å². The minimum Gasteiger partial charge on any atom is -0.391 e. The molecule has 0 unspecified atom stereocenters. The standard InChI is InChI=1S/C12H20N2O3S2/c1-14-6-4-10(5-7-14)8-13-19(16,17)12-3-2-11(9-15)18-12/h2-3,10,13,15H,4-9H2,1H3. The quantitative estimate of drug-likeness (QED) is 0.846. The van der Waals surface area contributed by atoms with Gasteiger partial charge in [0.15, 0.2) is 0 Å². The van der Waals surface area contributed by atoms with Crippen LogP contribution < -0.4 is 4.72 Å². The molecule has 1 saturated heterocycles. The first kappa shape index (κ1) is 14.9. The van der Waals surface area contributed by atoms with Crippen LogP contribution in [0.5, 0.6) is 0 Å². The second-order valence-corrected chi connectivity index (χ2v) is 8.14. The number of nitrogens with one attached hydrogen (secondary N) is 1. The molecule has 7 heteroatoms. The summed E-state index contributed by atoms with van der Waals surface area (Å²) in [5, 5.41) is 8.97. The highest BCUT2D eigenvalue weighted by atomic mass is 32.2. The van der Waals surface area contributed by atoms with E-state index in [0.717, 1.165) is 37.3 Å². The SMILES string of the molecule is CN1CCC(CNS(=O)(=O)c2ccc(CO)s2)CC1. The number of hydrogen-bond donors (Lipinski definition) is 2. The van der Waals surface area contributed by atoms with Crippen LogP contribution in [0.25, 0.3) is 0 Å².